The van der Waals surface area contributed by atoms with Crippen molar-refractivity contribution in [1.82, 2.24) is 10.3 Å². The summed E-state index contributed by atoms with van der Waals surface area (Å²) in [6, 6.07) is 18.1. The van der Waals surface area contributed by atoms with E-state index in [9.17, 15) is 9.59 Å². The highest BCUT2D eigenvalue weighted by atomic mass is 32.2. The van der Waals surface area contributed by atoms with Crippen LogP contribution in [-0.2, 0) is 10.5 Å². The number of primary amides is 1. The van der Waals surface area contributed by atoms with Gasteiger partial charge in [0, 0.05) is 28.7 Å². The van der Waals surface area contributed by atoms with Gasteiger partial charge in [0.2, 0.25) is 5.91 Å². The molecule has 0 radical (unpaired) electrons. The van der Waals surface area contributed by atoms with E-state index < -0.39 is 12.1 Å². The van der Waals surface area contributed by atoms with E-state index in [0.29, 0.717) is 5.69 Å². The number of thioether (sulfide) groups is 1. The van der Waals surface area contributed by atoms with E-state index >= 15 is 0 Å². The standard InChI is InChI=1S/C23H24N4O2S/c1-16-5-2-3-7-20(16)21(27-23(24)29)13-22(28)26-18-8-10-19(11-9-18)30-15-17-6-4-12-25-14-17/h2-12,14,21H,13,15H2,1H3,(H,26,28)(H3,24,27,29)/t21-/m0/s1. The van der Waals surface area contributed by atoms with Crippen molar-refractivity contribution in [1.29, 1.82) is 0 Å². The van der Waals surface area contributed by atoms with Gasteiger partial charge in [-0.05, 0) is 53.9 Å². The predicted molar refractivity (Wildman–Crippen MR) is 120 cm³/mol. The van der Waals surface area contributed by atoms with Crippen molar-refractivity contribution >= 4 is 29.4 Å². The molecule has 4 N–H and O–H groups in total. The van der Waals surface area contributed by atoms with Crippen LogP contribution in [0.1, 0.15) is 29.2 Å². The highest BCUT2D eigenvalue weighted by molar-refractivity contribution is 7.98. The number of nitrogens with zero attached hydrogens (tertiary/aromatic N) is 1. The number of aromatic nitrogens is 1. The molecule has 154 valence electrons. The number of pyridine rings is 1. The van der Waals surface area contributed by atoms with Crippen LogP contribution in [0.4, 0.5) is 10.5 Å². The summed E-state index contributed by atoms with van der Waals surface area (Å²) in [4.78, 5) is 29.2. The maximum absolute atomic E-state index is 12.6. The Morgan fingerprint density at radius 1 is 1.07 bits per heavy atom. The molecule has 2 aromatic carbocycles. The highest BCUT2D eigenvalue weighted by Gasteiger charge is 2.19. The van der Waals surface area contributed by atoms with Crippen LogP contribution in [0.3, 0.4) is 0 Å². The van der Waals surface area contributed by atoms with Crippen LogP contribution >= 0.6 is 11.8 Å². The fourth-order valence-corrected chi connectivity index (χ4v) is 3.90. The van der Waals surface area contributed by atoms with Gasteiger partial charge in [-0.2, -0.15) is 0 Å². The van der Waals surface area contributed by atoms with Gasteiger partial charge in [-0.1, -0.05) is 30.3 Å². The molecule has 0 aliphatic carbocycles. The summed E-state index contributed by atoms with van der Waals surface area (Å²) < 4.78 is 0. The van der Waals surface area contributed by atoms with Crippen LogP contribution in [0.15, 0.2) is 78.0 Å². The molecule has 0 saturated carbocycles. The first-order chi connectivity index (χ1) is 14.5. The molecule has 0 spiro atoms. The first-order valence-electron chi connectivity index (χ1n) is 9.54. The third kappa shape index (κ3) is 6.35. The Morgan fingerprint density at radius 2 is 1.83 bits per heavy atom. The van der Waals surface area contributed by atoms with Gasteiger partial charge >= 0.3 is 6.03 Å². The quantitative estimate of drug-likeness (QED) is 0.470. The lowest BCUT2D eigenvalue weighted by Crippen LogP contribution is -2.35. The zero-order valence-corrected chi connectivity index (χ0v) is 17.5. The molecule has 0 saturated heterocycles. The van der Waals surface area contributed by atoms with E-state index in [-0.39, 0.29) is 12.3 Å². The summed E-state index contributed by atoms with van der Waals surface area (Å²) in [5.41, 5.74) is 9.02. The van der Waals surface area contributed by atoms with Crippen LogP contribution in [0.5, 0.6) is 0 Å². The molecule has 1 heterocycles. The molecule has 7 heteroatoms. The van der Waals surface area contributed by atoms with Gasteiger partial charge < -0.3 is 16.4 Å². The van der Waals surface area contributed by atoms with Crippen molar-refractivity contribution in [2.45, 2.75) is 30.0 Å². The number of hydrogen-bond acceptors (Lipinski definition) is 4. The number of hydrogen-bond donors (Lipinski definition) is 3. The molecule has 3 amide bonds. The van der Waals surface area contributed by atoms with E-state index in [2.05, 4.69) is 15.6 Å². The van der Waals surface area contributed by atoms with Gasteiger partial charge in [-0.25, -0.2) is 4.79 Å². The molecule has 3 rings (SSSR count). The summed E-state index contributed by atoms with van der Waals surface area (Å²) >= 11 is 1.70. The number of amides is 3. The van der Waals surface area contributed by atoms with Crippen LogP contribution in [0.2, 0.25) is 0 Å². The van der Waals surface area contributed by atoms with Gasteiger partial charge in [-0.3, -0.25) is 9.78 Å². The predicted octanol–water partition coefficient (Wildman–Crippen LogP) is 4.42. The Hall–Kier alpha value is -3.32. The van der Waals surface area contributed by atoms with Crippen molar-refractivity contribution in [3.63, 3.8) is 0 Å². The lowest BCUT2D eigenvalue weighted by atomic mass is 9.98. The molecule has 6 nitrogen and oxygen atoms in total. The van der Waals surface area contributed by atoms with E-state index in [0.717, 1.165) is 27.3 Å². The van der Waals surface area contributed by atoms with E-state index in [4.69, 9.17) is 5.73 Å². The molecule has 3 aromatic rings. The second-order valence-corrected chi connectivity index (χ2v) is 7.89. The van der Waals surface area contributed by atoms with Gasteiger partial charge in [0.05, 0.1) is 12.5 Å². The molecule has 0 fully saturated rings. The lowest BCUT2D eigenvalue weighted by molar-refractivity contribution is -0.116. The number of aryl methyl sites for hydroxylation is 1. The average Bonchev–Trinajstić information content (AvgIpc) is 2.73. The molecule has 1 aromatic heterocycles. The van der Waals surface area contributed by atoms with Crippen LogP contribution in [-0.4, -0.2) is 16.9 Å². The molecule has 1 atom stereocenters. The van der Waals surface area contributed by atoms with E-state index in [1.807, 2.05) is 73.8 Å². The number of carbonyl (C=O) groups is 2. The minimum absolute atomic E-state index is 0.0886. The molecule has 0 aliphatic heterocycles. The Morgan fingerprint density at radius 3 is 2.50 bits per heavy atom. The third-order valence-electron chi connectivity index (χ3n) is 4.54. The van der Waals surface area contributed by atoms with Crippen molar-refractivity contribution < 1.29 is 9.59 Å². The maximum atomic E-state index is 12.6. The summed E-state index contributed by atoms with van der Waals surface area (Å²) in [5.74, 6) is 0.629. The first kappa shape index (κ1) is 21.4. The van der Waals surface area contributed by atoms with Crippen molar-refractivity contribution in [3.8, 4) is 0 Å². The van der Waals surface area contributed by atoms with E-state index in [1.54, 1.807) is 18.0 Å². The molecule has 0 unspecified atom stereocenters. The third-order valence-corrected chi connectivity index (χ3v) is 5.62. The largest absolute Gasteiger partial charge is 0.352 e. The lowest BCUT2D eigenvalue weighted by Gasteiger charge is -2.19. The Labute approximate surface area is 180 Å². The zero-order valence-electron chi connectivity index (χ0n) is 16.7. The number of nitrogens with one attached hydrogen (secondary N) is 2. The summed E-state index contributed by atoms with van der Waals surface area (Å²) in [6.07, 6.45) is 3.70. The van der Waals surface area contributed by atoms with Gasteiger partial charge in [0.25, 0.3) is 0 Å². The number of nitrogens with two attached hydrogens (primary N) is 1. The van der Waals surface area contributed by atoms with Gasteiger partial charge in [0.15, 0.2) is 0 Å². The van der Waals surface area contributed by atoms with Crippen molar-refractivity contribution in [3.05, 3.63) is 89.7 Å². The van der Waals surface area contributed by atoms with Crippen LogP contribution < -0.4 is 16.4 Å². The van der Waals surface area contributed by atoms with Crippen LogP contribution in [0, 0.1) is 6.92 Å². The monoisotopic (exact) mass is 420 g/mol. The summed E-state index contributed by atoms with van der Waals surface area (Å²) in [7, 11) is 0. The highest BCUT2D eigenvalue weighted by Crippen LogP contribution is 2.25. The zero-order chi connectivity index (χ0) is 21.3. The second kappa shape index (κ2) is 10.5. The number of urea groups is 1. The molecule has 30 heavy (non-hydrogen) atoms. The minimum atomic E-state index is -0.661. The Kier molecular flexibility index (Phi) is 7.45. The van der Waals surface area contributed by atoms with Crippen molar-refractivity contribution in [2.75, 3.05) is 5.32 Å². The summed E-state index contributed by atoms with van der Waals surface area (Å²) in [6.45, 7) is 1.94. The summed E-state index contributed by atoms with van der Waals surface area (Å²) in [5, 5.41) is 5.55. The fourth-order valence-electron chi connectivity index (χ4n) is 3.07. The Balaban J connectivity index is 1.58. The maximum Gasteiger partial charge on any atom is 0.312 e. The second-order valence-electron chi connectivity index (χ2n) is 6.84. The molecule has 0 bridgehead atoms. The van der Waals surface area contributed by atoms with Gasteiger partial charge in [0.1, 0.15) is 0 Å². The minimum Gasteiger partial charge on any atom is -0.352 e. The Bertz CT molecular complexity index is 994. The SMILES string of the molecule is Cc1ccccc1[C@H](CC(=O)Nc1ccc(SCc2cccnc2)cc1)NC(N)=O. The van der Waals surface area contributed by atoms with E-state index in [1.165, 1.54) is 0 Å². The molecular weight excluding hydrogens is 396 g/mol. The number of carbonyl (C=O) groups excluding carboxylic acids is 2. The van der Waals surface area contributed by atoms with Crippen LogP contribution in [0.25, 0.3) is 0 Å². The topological polar surface area (TPSA) is 97.1 Å². The number of benzene rings is 2. The molecular formula is C23H24N4O2S. The van der Waals surface area contributed by atoms with Crippen molar-refractivity contribution in [2.24, 2.45) is 5.73 Å². The average molecular weight is 421 g/mol. The first-order valence-corrected chi connectivity index (χ1v) is 10.5. The van der Waals surface area contributed by atoms with Gasteiger partial charge in [-0.15, -0.1) is 11.8 Å². The normalized spacial score (nSPS) is 11.5. The fraction of sp³-hybridized carbons (Fsp3) is 0.174. The number of rotatable bonds is 8. The number of anilines is 1. The smallest absolute Gasteiger partial charge is 0.312 e. The molecule has 0 aliphatic rings.